The lowest BCUT2D eigenvalue weighted by Gasteiger charge is -2.20. The molecule has 0 radical (unpaired) electrons. The van der Waals surface area contributed by atoms with Crippen molar-refractivity contribution in [3.8, 4) is 5.69 Å². The molecule has 0 saturated carbocycles. The number of pyridine rings is 1. The maximum absolute atomic E-state index is 12.0. The van der Waals surface area contributed by atoms with Crippen molar-refractivity contribution < 1.29 is 14.6 Å². The Balaban J connectivity index is 2.21. The first kappa shape index (κ1) is 12.6. The van der Waals surface area contributed by atoms with Gasteiger partial charge in [0.15, 0.2) is 0 Å². The second kappa shape index (κ2) is 4.94. The third-order valence-electron chi connectivity index (χ3n) is 3.43. The molecule has 2 aromatic rings. The van der Waals surface area contributed by atoms with Gasteiger partial charge in [0.1, 0.15) is 0 Å². The number of carbonyl (C=O) groups is 1. The molecule has 1 aromatic carbocycles. The zero-order chi connectivity index (χ0) is 14.1. The van der Waals surface area contributed by atoms with E-state index < -0.39 is 5.97 Å². The summed E-state index contributed by atoms with van der Waals surface area (Å²) in [5.74, 6) is -1.06. The van der Waals surface area contributed by atoms with E-state index in [-0.39, 0.29) is 11.1 Å². The lowest BCUT2D eigenvalue weighted by molar-refractivity contribution is 0.0696. The van der Waals surface area contributed by atoms with Crippen molar-refractivity contribution in [3.63, 3.8) is 0 Å². The average Bonchev–Trinajstić information content (AvgIpc) is 2.47. The van der Waals surface area contributed by atoms with E-state index in [4.69, 9.17) is 9.84 Å². The number of aromatic nitrogens is 1. The van der Waals surface area contributed by atoms with E-state index in [1.807, 2.05) is 12.1 Å². The van der Waals surface area contributed by atoms with E-state index in [0.717, 1.165) is 17.5 Å². The minimum atomic E-state index is -1.06. The van der Waals surface area contributed by atoms with E-state index in [1.165, 1.54) is 22.9 Å². The molecule has 0 fully saturated rings. The highest BCUT2D eigenvalue weighted by atomic mass is 16.5. The van der Waals surface area contributed by atoms with Crippen LogP contribution in [0, 0.1) is 0 Å². The number of aromatic carboxylic acids is 1. The number of fused-ring (bicyclic) bond motifs is 1. The SMILES string of the molecule is O=C(O)c1ccc(=O)n(-c2cccc3c2COCC3)c1. The number of carboxylic acids is 1. The van der Waals surface area contributed by atoms with E-state index in [1.54, 1.807) is 6.07 Å². The van der Waals surface area contributed by atoms with Gasteiger partial charge in [0.05, 0.1) is 24.5 Å². The van der Waals surface area contributed by atoms with Crippen molar-refractivity contribution in [2.45, 2.75) is 13.0 Å². The maximum atomic E-state index is 12.0. The summed E-state index contributed by atoms with van der Waals surface area (Å²) in [5.41, 5.74) is 2.60. The lowest BCUT2D eigenvalue weighted by Crippen LogP contribution is -2.22. The molecule has 3 rings (SSSR count). The Bertz CT molecular complexity index is 733. The lowest BCUT2D eigenvalue weighted by atomic mass is 10.0. The molecule has 0 atom stereocenters. The van der Waals surface area contributed by atoms with Gasteiger partial charge in [-0.3, -0.25) is 9.36 Å². The first-order chi connectivity index (χ1) is 9.66. The molecule has 0 spiro atoms. The third-order valence-corrected chi connectivity index (χ3v) is 3.43. The van der Waals surface area contributed by atoms with Gasteiger partial charge in [-0.2, -0.15) is 0 Å². The Morgan fingerprint density at radius 3 is 2.90 bits per heavy atom. The molecular formula is C15H13NO4. The molecule has 0 amide bonds. The summed E-state index contributed by atoms with van der Waals surface area (Å²) in [6, 6.07) is 8.27. The zero-order valence-corrected chi connectivity index (χ0v) is 10.7. The highest BCUT2D eigenvalue weighted by Crippen LogP contribution is 2.23. The van der Waals surface area contributed by atoms with Gasteiger partial charge in [-0.15, -0.1) is 0 Å². The van der Waals surface area contributed by atoms with Crippen molar-refractivity contribution in [3.05, 3.63) is 63.6 Å². The summed E-state index contributed by atoms with van der Waals surface area (Å²) in [5, 5.41) is 9.05. The summed E-state index contributed by atoms with van der Waals surface area (Å²) in [6.07, 6.45) is 2.16. The predicted molar refractivity (Wildman–Crippen MR) is 72.4 cm³/mol. The summed E-state index contributed by atoms with van der Waals surface area (Å²) >= 11 is 0. The van der Waals surface area contributed by atoms with Gasteiger partial charge in [-0.1, -0.05) is 12.1 Å². The molecular weight excluding hydrogens is 258 g/mol. The Morgan fingerprint density at radius 2 is 2.10 bits per heavy atom. The molecule has 0 aliphatic carbocycles. The molecule has 1 aliphatic rings. The van der Waals surface area contributed by atoms with Crippen LogP contribution in [0.1, 0.15) is 21.5 Å². The smallest absolute Gasteiger partial charge is 0.337 e. The standard InChI is InChI=1S/C15H13NO4/c17-14-5-4-11(15(18)19)8-16(14)13-3-1-2-10-6-7-20-9-12(10)13/h1-5,8H,6-7,9H2,(H,18,19). The van der Waals surface area contributed by atoms with Crippen LogP contribution < -0.4 is 5.56 Å². The van der Waals surface area contributed by atoms with Crippen molar-refractivity contribution in [2.24, 2.45) is 0 Å². The first-order valence-electron chi connectivity index (χ1n) is 6.32. The predicted octanol–water partition coefficient (Wildman–Crippen LogP) is 1.61. The Kier molecular flexibility index (Phi) is 3.12. The van der Waals surface area contributed by atoms with Crippen LogP contribution in [0.5, 0.6) is 0 Å². The second-order valence-corrected chi connectivity index (χ2v) is 4.65. The molecule has 1 N–H and O–H groups in total. The Morgan fingerprint density at radius 1 is 1.25 bits per heavy atom. The molecule has 1 aliphatic heterocycles. The molecule has 102 valence electrons. The van der Waals surface area contributed by atoms with E-state index >= 15 is 0 Å². The Labute approximate surface area is 115 Å². The fraction of sp³-hybridized carbons (Fsp3) is 0.200. The molecule has 1 aromatic heterocycles. The molecule has 0 bridgehead atoms. The van der Waals surface area contributed by atoms with Gasteiger partial charge in [0.2, 0.25) is 0 Å². The normalized spacial score (nSPS) is 13.8. The van der Waals surface area contributed by atoms with Gasteiger partial charge in [0.25, 0.3) is 5.56 Å². The molecule has 0 saturated heterocycles. The number of carboxylic acid groups (broad SMARTS) is 1. The largest absolute Gasteiger partial charge is 0.478 e. The number of ether oxygens (including phenoxy) is 1. The summed E-state index contributed by atoms with van der Waals surface area (Å²) in [4.78, 5) is 23.1. The fourth-order valence-corrected chi connectivity index (χ4v) is 2.41. The van der Waals surface area contributed by atoms with Crippen LogP contribution in [0.15, 0.2) is 41.3 Å². The van der Waals surface area contributed by atoms with Crippen molar-refractivity contribution in [2.75, 3.05) is 6.61 Å². The van der Waals surface area contributed by atoms with Crippen LogP contribution in [-0.2, 0) is 17.8 Å². The highest BCUT2D eigenvalue weighted by Gasteiger charge is 2.16. The van der Waals surface area contributed by atoms with Gasteiger partial charge in [-0.25, -0.2) is 4.79 Å². The monoisotopic (exact) mass is 271 g/mol. The van der Waals surface area contributed by atoms with Gasteiger partial charge in [0, 0.05) is 17.8 Å². The molecule has 0 unspecified atom stereocenters. The molecule has 2 heterocycles. The van der Waals surface area contributed by atoms with E-state index in [0.29, 0.717) is 18.9 Å². The fourth-order valence-electron chi connectivity index (χ4n) is 2.41. The first-order valence-corrected chi connectivity index (χ1v) is 6.32. The minimum absolute atomic E-state index is 0.0823. The highest BCUT2D eigenvalue weighted by molar-refractivity contribution is 5.87. The minimum Gasteiger partial charge on any atom is -0.478 e. The number of rotatable bonds is 2. The maximum Gasteiger partial charge on any atom is 0.337 e. The summed E-state index contributed by atoms with van der Waals surface area (Å²) in [7, 11) is 0. The van der Waals surface area contributed by atoms with Gasteiger partial charge in [-0.05, 0) is 24.1 Å². The van der Waals surface area contributed by atoms with E-state index in [2.05, 4.69) is 0 Å². The quantitative estimate of drug-likeness (QED) is 0.901. The zero-order valence-electron chi connectivity index (χ0n) is 10.7. The topological polar surface area (TPSA) is 68.5 Å². The second-order valence-electron chi connectivity index (χ2n) is 4.65. The van der Waals surface area contributed by atoms with Gasteiger partial charge < -0.3 is 9.84 Å². The number of hydrogen-bond acceptors (Lipinski definition) is 3. The van der Waals surface area contributed by atoms with Crippen LogP contribution in [0.25, 0.3) is 5.69 Å². The van der Waals surface area contributed by atoms with Crippen LogP contribution in [0.4, 0.5) is 0 Å². The molecule has 5 heteroatoms. The van der Waals surface area contributed by atoms with Gasteiger partial charge >= 0.3 is 5.97 Å². The van der Waals surface area contributed by atoms with E-state index in [9.17, 15) is 9.59 Å². The third kappa shape index (κ3) is 2.12. The number of hydrogen-bond donors (Lipinski definition) is 1. The summed E-state index contributed by atoms with van der Waals surface area (Å²) in [6.45, 7) is 1.11. The Hall–Kier alpha value is -2.40. The van der Waals surface area contributed by atoms with Crippen LogP contribution in [0.3, 0.4) is 0 Å². The molecule has 20 heavy (non-hydrogen) atoms. The molecule has 5 nitrogen and oxygen atoms in total. The summed E-state index contributed by atoms with van der Waals surface area (Å²) < 4.78 is 6.82. The van der Waals surface area contributed by atoms with Crippen LogP contribution in [0.2, 0.25) is 0 Å². The average molecular weight is 271 g/mol. The number of benzene rings is 1. The van der Waals surface area contributed by atoms with Crippen molar-refractivity contribution in [1.29, 1.82) is 0 Å². The van der Waals surface area contributed by atoms with Crippen molar-refractivity contribution in [1.82, 2.24) is 4.57 Å². The number of nitrogens with zero attached hydrogens (tertiary/aromatic N) is 1. The van der Waals surface area contributed by atoms with Crippen LogP contribution in [-0.4, -0.2) is 22.2 Å². The van der Waals surface area contributed by atoms with Crippen molar-refractivity contribution >= 4 is 5.97 Å². The van der Waals surface area contributed by atoms with Crippen LogP contribution >= 0.6 is 0 Å².